The number of rotatable bonds is 3. The van der Waals surface area contributed by atoms with Gasteiger partial charge in [-0.15, -0.1) is 0 Å². The second-order valence-corrected chi connectivity index (χ2v) is 10.7. The van der Waals surface area contributed by atoms with Gasteiger partial charge < -0.3 is 19.3 Å². The molecule has 2 unspecified atom stereocenters. The molecular formula is C30H32O6. The maximum absolute atomic E-state index is 14.0. The van der Waals surface area contributed by atoms with Crippen LogP contribution in [0.3, 0.4) is 0 Å². The molecule has 0 radical (unpaired) electrons. The molecule has 2 atom stereocenters. The van der Waals surface area contributed by atoms with Crippen molar-refractivity contribution in [2.24, 2.45) is 11.3 Å². The summed E-state index contributed by atoms with van der Waals surface area (Å²) < 4.78 is 18.6. The number of phenols is 1. The second kappa shape index (κ2) is 8.26. The molecule has 0 aromatic heterocycles. The maximum atomic E-state index is 14.0. The SMILES string of the molecule is COC1=C(C)C2=C(C(=O)C1(C)C)C(C(C)C)c1c(c(C)c(O)c3c1OC(c1ccccc1)CC3=O)O2. The Labute approximate surface area is 211 Å². The number of ether oxygens (including phenoxy) is 3. The highest BCUT2D eigenvalue weighted by Crippen LogP contribution is 2.59. The lowest BCUT2D eigenvalue weighted by atomic mass is 9.67. The van der Waals surface area contributed by atoms with Crippen LogP contribution in [0.4, 0.5) is 0 Å². The van der Waals surface area contributed by atoms with Gasteiger partial charge in [0.2, 0.25) is 0 Å². The zero-order valence-corrected chi connectivity index (χ0v) is 21.8. The Morgan fingerprint density at radius 1 is 1.08 bits per heavy atom. The van der Waals surface area contributed by atoms with E-state index in [4.69, 9.17) is 14.2 Å². The zero-order valence-electron chi connectivity index (χ0n) is 21.8. The van der Waals surface area contributed by atoms with Crippen molar-refractivity contribution in [1.29, 1.82) is 0 Å². The summed E-state index contributed by atoms with van der Waals surface area (Å²) in [6.07, 6.45) is -0.379. The zero-order chi connectivity index (χ0) is 26.1. The number of hydrogen-bond acceptors (Lipinski definition) is 6. The van der Waals surface area contributed by atoms with Crippen molar-refractivity contribution < 1.29 is 28.9 Å². The average molecular weight is 489 g/mol. The first kappa shape index (κ1) is 24.2. The maximum Gasteiger partial charge on any atom is 0.176 e. The number of benzene rings is 2. The van der Waals surface area contributed by atoms with E-state index >= 15 is 0 Å². The van der Waals surface area contributed by atoms with Gasteiger partial charge in [0.1, 0.15) is 40.4 Å². The molecule has 0 bridgehead atoms. The van der Waals surface area contributed by atoms with Gasteiger partial charge in [0.05, 0.1) is 18.9 Å². The van der Waals surface area contributed by atoms with Crippen molar-refractivity contribution in [3.05, 3.63) is 75.3 Å². The van der Waals surface area contributed by atoms with Crippen LogP contribution in [0.2, 0.25) is 0 Å². The summed E-state index contributed by atoms with van der Waals surface area (Å²) in [4.78, 5) is 27.4. The highest BCUT2D eigenvalue weighted by molar-refractivity contribution is 6.07. The fourth-order valence-electron chi connectivity index (χ4n) is 6.00. The van der Waals surface area contributed by atoms with Gasteiger partial charge in [-0.3, -0.25) is 9.59 Å². The van der Waals surface area contributed by atoms with E-state index < -0.39 is 11.5 Å². The smallest absolute Gasteiger partial charge is 0.176 e. The number of carbonyl (C=O) groups is 2. The van der Waals surface area contributed by atoms with Crippen molar-refractivity contribution >= 4 is 11.6 Å². The molecule has 3 aliphatic rings. The van der Waals surface area contributed by atoms with Gasteiger partial charge in [-0.25, -0.2) is 0 Å². The van der Waals surface area contributed by atoms with E-state index in [2.05, 4.69) is 0 Å². The number of aromatic hydroxyl groups is 1. The number of Topliss-reactive ketones (excluding diaryl/α,β-unsaturated/α-hetero) is 2. The molecule has 1 aliphatic carbocycles. The molecule has 0 fully saturated rings. The topological polar surface area (TPSA) is 82.1 Å². The van der Waals surface area contributed by atoms with Crippen LogP contribution in [0.5, 0.6) is 17.2 Å². The molecule has 2 aliphatic heterocycles. The lowest BCUT2D eigenvalue weighted by Gasteiger charge is -2.42. The highest BCUT2D eigenvalue weighted by Gasteiger charge is 2.51. The number of hydrogen-bond donors (Lipinski definition) is 1. The number of carbonyl (C=O) groups excluding carboxylic acids is 2. The molecule has 2 aromatic carbocycles. The summed E-state index contributed by atoms with van der Waals surface area (Å²) in [6.45, 7) is 11.4. The third kappa shape index (κ3) is 3.23. The van der Waals surface area contributed by atoms with Gasteiger partial charge in [-0.05, 0) is 39.2 Å². The van der Waals surface area contributed by atoms with E-state index in [1.54, 1.807) is 14.0 Å². The first-order valence-corrected chi connectivity index (χ1v) is 12.4. The van der Waals surface area contributed by atoms with Crippen LogP contribution in [0, 0.1) is 18.3 Å². The van der Waals surface area contributed by atoms with Crippen LogP contribution in [-0.2, 0) is 9.53 Å². The van der Waals surface area contributed by atoms with Crippen LogP contribution in [0.15, 0.2) is 53.0 Å². The standard InChI is InChI=1S/C30H32O6/c1-14(2)20-22-25(36-26-16(4)29(34-7)30(5,6)28(33)23(20)26)15(3)24(32)21-18(31)13-19(35-27(21)22)17-11-9-8-10-12-17/h8-12,14,19-20,32H,13H2,1-7H3. The first-order chi connectivity index (χ1) is 17.0. The molecule has 0 spiro atoms. The van der Waals surface area contributed by atoms with Crippen molar-refractivity contribution in [2.75, 3.05) is 7.11 Å². The lowest BCUT2D eigenvalue weighted by Crippen LogP contribution is -2.40. The molecule has 1 N–H and O–H groups in total. The van der Waals surface area contributed by atoms with Gasteiger partial charge in [-0.1, -0.05) is 44.2 Å². The Balaban J connectivity index is 1.79. The van der Waals surface area contributed by atoms with Crippen LogP contribution < -0.4 is 9.47 Å². The summed E-state index contributed by atoms with van der Waals surface area (Å²) in [5.41, 5.74) is 2.60. The van der Waals surface area contributed by atoms with E-state index in [1.807, 2.05) is 65.0 Å². The summed E-state index contributed by atoms with van der Waals surface area (Å²) in [5.74, 6) is 0.967. The minimum Gasteiger partial charge on any atom is -0.507 e. The number of fused-ring (bicyclic) bond motifs is 3. The number of ketones is 2. The monoisotopic (exact) mass is 488 g/mol. The molecule has 6 nitrogen and oxygen atoms in total. The largest absolute Gasteiger partial charge is 0.507 e. The first-order valence-electron chi connectivity index (χ1n) is 12.4. The van der Waals surface area contributed by atoms with Crippen molar-refractivity contribution in [2.45, 2.75) is 60.0 Å². The minimum atomic E-state index is -0.874. The van der Waals surface area contributed by atoms with E-state index in [9.17, 15) is 14.7 Å². The molecule has 188 valence electrons. The molecule has 2 heterocycles. The third-order valence-electron chi connectivity index (χ3n) is 7.73. The normalized spacial score (nSPS) is 22.6. The third-order valence-corrected chi connectivity index (χ3v) is 7.73. The van der Waals surface area contributed by atoms with Crippen molar-refractivity contribution in [1.82, 2.24) is 0 Å². The molecule has 0 amide bonds. The lowest BCUT2D eigenvalue weighted by molar-refractivity contribution is -0.124. The molecular weight excluding hydrogens is 456 g/mol. The Bertz CT molecular complexity index is 1360. The van der Waals surface area contributed by atoms with Crippen LogP contribution in [-0.4, -0.2) is 23.8 Å². The fourth-order valence-corrected chi connectivity index (χ4v) is 6.00. The molecule has 36 heavy (non-hydrogen) atoms. The fraction of sp³-hybridized carbons (Fsp3) is 0.400. The number of allylic oxidation sites excluding steroid dienone is 3. The quantitative estimate of drug-likeness (QED) is 0.544. The van der Waals surface area contributed by atoms with Gasteiger partial charge in [0.25, 0.3) is 0 Å². The van der Waals surface area contributed by atoms with Gasteiger partial charge in [0, 0.05) is 28.2 Å². The summed E-state index contributed by atoms with van der Waals surface area (Å²) in [7, 11) is 1.56. The van der Waals surface area contributed by atoms with E-state index in [0.717, 1.165) is 11.1 Å². The highest BCUT2D eigenvalue weighted by atomic mass is 16.5. The van der Waals surface area contributed by atoms with Crippen molar-refractivity contribution in [3.8, 4) is 17.2 Å². The van der Waals surface area contributed by atoms with E-state index in [-0.39, 0.29) is 41.1 Å². The molecule has 0 saturated heterocycles. The summed E-state index contributed by atoms with van der Waals surface area (Å²) in [6, 6.07) is 9.57. The Kier molecular flexibility index (Phi) is 5.54. The molecule has 5 rings (SSSR count). The molecule has 6 heteroatoms. The second-order valence-electron chi connectivity index (χ2n) is 10.7. The predicted octanol–water partition coefficient (Wildman–Crippen LogP) is 6.32. The Morgan fingerprint density at radius 3 is 2.36 bits per heavy atom. The number of phenolic OH excluding ortho intramolecular Hbond substituents is 1. The van der Waals surface area contributed by atoms with E-state index in [1.165, 1.54) is 0 Å². The van der Waals surface area contributed by atoms with Crippen LogP contribution in [0.25, 0.3) is 0 Å². The number of methoxy groups -OCH3 is 1. The minimum absolute atomic E-state index is 0.0156. The van der Waals surface area contributed by atoms with E-state index in [0.29, 0.717) is 39.7 Å². The van der Waals surface area contributed by atoms with Gasteiger partial charge in [0.15, 0.2) is 11.6 Å². The molecule has 0 saturated carbocycles. The Hall–Kier alpha value is -3.54. The van der Waals surface area contributed by atoms with Gasteiger partial charge >= 0.3 is 0 Å². The van der Waals surface area contributed by atoms with Crippen LogP contribution in [0.1, 0.15) is 80.1 Å². The average Bonchev–Trinajstić information content (AvgIpc) is 2.85. The molecule has 2 aromatic rings. The summed E-state index contributed by atoms with van der Waals surface area (Å²) in [5, 5.41) is 11.1. The van der Waals surface area contributed by atoms with Crippen LogP contribution >= 0.6 is 0 Å². The van der Waals surface area contributed by atoms with Gasteiger partial charge in [-0.2, -0.15) is 0 Å². The van der Waals surface area contributed by atoms with Crippen molar-refractivity contribution in [3.63, 3.8) is 0 Å². The summed E-state index contributed by atoms with van der Waals surface area (Å²) >= 11 is 0. The predicted molar refractivity (Wildman–Crippen MR) is 135 cm³/mol. The Morgan fingerprint density at radius 2 is 1.75 bits per heavy atom.